The maximum absolute atomic E-state index is 13.3. The molecule has 0 saturated heterocycles. The molecule has 39 heavy (non-hydrogen) atoms. The first-order valence-corrected chi connectivity index (χ1v) is 13.6. The minimum atomic E-state index is -5.84. The van der Waals surface area contributed by atoms with Gasteiger partial charge in [0.1, 0.15) is 17.9 Å². The van der Waals surface area contributed by atoms with Gasteiger partial charge < -0.3 is 14.2 Å². The number of hydrogen-bond acceptors (Lipinski definition) is 4. The number of halogens is 5. The zero-order valence-corrected chi connectivity index (χ0v) is 22.4. The lowest BCUT2D eigenvalue weighted by Gasteiger charge is -2.19. The van der Waals surface area contributed by atoms with Gasteiger partial charge in [0.25, 0.3) is 0 Å². The fourth-order valence-corrected chi connectivity index (χ4v) is 5.69. The summed E-state index contributed by atoms with van der Waals surface area (Å²) >= 11 is 0. The monoisotopic (exact) mass is 569 g/mol. The van der Waals surface area contributed by atoms with E-state index in [-0.39, 0.29) is 24.5 Å². The van der Waals surface area contributed by atoms with Crippen LogP contribution in [0.4, 0.5) is 22.0 Å². The highest BCUT2D eigenvalue weighted by Crippen LogP contribution is 2.37. The van der Waals surface area contributed by atoms with Gasteiger partial charge in [0.2, 0.25) is 0 Å². The third kappa shape index (κ3) is 8.19. The molecule has 3 aromatic rings. The molecule has 0 heterocycles. The van der Waals surface area contributed by atoms with E-state index in [2.05, 4.69) is 23.8 Å². The van der Waals surface area contributed by atoms with Crippen molar-refractivity contribution in [2.24, 2.45) is 0 Å². The summed E-state index contributed by atoms with van der Waals surface area (Å²) in [6.45, 7) is 0.181. The zero-order chi connectivity index (χ0) is 28.5. The van der Waals surface area contributed by atoms with Gasteiger partial charge in [0.15, 0.2) is 21.3 Å². The molecule has 0 saturated carbocycles. The zero-order valence-electron chi connectivity index (χ0n) is 21.6. The Hall–Kier alpha value is -3.11. The van der Waals surface area contributed by atoms with E-state index >= 15 is 0 Å². The van der Waals surface area contributed by atoms with Gasteiger partial charge in [0, 0.05) is 13.2 Å². The molecule has 4 nitrogen and oxygen atoms in total. The smallest absolute Gasteiger partial charge is 0.456 e. The highest BCUT2D eigenvalue weighted by molar-refractivity contribution is 7.97. The highest BCUT2D eigenvalue weighted by atomic mass is 32.2. The lowest BCUT2D eigenvalue weighted by Crippen LogP contribution is -2.41. The lowest BCUT2D eigenvalue weighted by molar-refractivity contribution is -0.292. The average Bonchev–Trinajstić information content (AvgIpc) is 2.92. The summed E-state index contributed by atoms with van der Waals surface area (Å²) in [5.74, 6) is -6.53. The minimum Gasteiger partial charge on any atom is -0.490 e. The van der Waals surface area contributed by atoms with E-state index in [0.717, 1.165) is 33.9 Å². The van der Waals surface area contributed by atoms with Crippen molar-refractivity contribution < 1.29 is 41.0 Å². The van der Waals surface area contributed by atoms with Crippen LogP contribution in [0.5, 0.6) is 5.75 Å². The Balaban J connectivity index is 1.98. The molecule has 0 aliphatic rings. The Labute approximate surface area is 227 Å². The van der Waals surface area contributed by atoms with Crippen molar-refractivity contribution in [2.75, 3.05) is 26.9 Å². The number of unbranched alkanes of at least 4 members (excludes halogenated alkanes) is 1. The maximum Gasteiger partial charge on any atom is 0.456 e. The van der Waals surface area contributed by atoms with Gasteiger partial charge in [-0.25, -0.2) is 4.79 Å². The van der Waals surface area contributed by atoms with Crippen molar-refractivity contribution in [2.45, 2.75) is 53.0 Å². The molecule has 210 valence electrons. The molecule has 3 aromatic carbocycles. The van der Waals surface area contributed by atoms with E-state index in [1.165, 1.54) is 18.7 Å². The van der Waals surface area contributed by atoms with Crippen LogP contribution in [-0.4, -0.2) is 45.0 Å². The van der Waals surface area contributed by atoms with Crippen molar-refractivity contribution in [1.82, 2.24) is 0 Å². The van der Waals surface area contributed by atoms with Gasteiger partial charge in [-0.05, 0) is 54.8 Å². The van der Waals surface area contributed by atoms with E-state index in [9.17, 15) is 26.7 Å². The molecule has 0 N–H and O–H groups in total. The van der Waals surface area contributed by atoms with E-state index in [0.29, 0.717) is 0 Å². The lowest BCUT2D eigenvalue weighted by atomic mass is 10.1. The summed E-state index contributed by atoms with van der Waals surface area (Å²) in [6.07, 6.45) is -2.70. The Bertz CT molecular complexity index is 1200. The second-order valence-corrected chi connectivity index (χ2v) is 10.7. The normalized spacial score (nSPS) is 12.7. The number of carbonyl (C=O) groups excluding carboxylic acids is 1. The van der Waals surface area contributed by atoms with Crippen LogP contribution in [0.3, 0.4) is 0 Å². The van der Waals surface area contributed by atoms with Crippen LogP contribution in [0.15, 0.2) is 87.5 Å². The van der Waals surface area contributed by atoms with Gasteiger partial charge in [-0.15, -0.1) is 0 Å². The third-order valence-corrected chi connectivity index (χ3v) is 7.92. The molecule has 1 unspecified atom stereocenters. The van der Waals surface area contributed by atoms with Gasteiger partial charge in [-0.1, -0.05) is 43.7 Å². The number of rotatable bonds is 13. The molecule has 0 spiro atoms. The summed E-state index contributed by atoms with van der Waals surface area (Å²) < 4.78 is 79.4. The molecule has 0 fully saturated rings. The van der Waals surface area contributed by atoms with E-state index < -0.39 is 35.6 Å². The summed E-state index contributed by atoms with van der Waals surface area (Å²) in [5.41, 5.74) is 0.953. The van der Waals surface area contributed by atoms with Gasteiger partial charge in [0.05, 0.1) is 17.5 Å². The van der Waals surface area contributed by atoms with E-state index in [4.69, 9.17) is 9.47 Å². The average molecular weight is 570 g/mol. The van der Waals surface area contributed by atoms with Crippen molar-refractivity contribution in [3.63, 3.8) is 0 Å². The van der Waals surface area contributed by atoms with Crippen LogP contribution in [0.1, 0.15) is 35.7 Å². The largest absolute Gasteiger partial charge is 0.490 e. The molecule has 0 aliphatic carbocycles. The number of esters is 1. The van der Waals surface area contributed by atoms with Crippen molar-refractivity contribution >= 4 is 16.9 Å². The SMILES string of the molecule is CCCCc1ccc([S+](c2ccccc2)c2ccc(C(=O)OCC(F)(F)C(F)(F)F)c(OCCOC)c2)cc1. The molecule has 0 radical (unpaired) electrons. The number of methoxy groups -OCH3 is 1. The van der Waals surface area contributed by atoms with Gasteiger partial charge in [-0.3, -0.25) is 0 Å². The quantitative estimate of drug-likeness (QED) is 0.0926. The third-order valence-electron chi connectivity index (χ3n) is 5.71. The van der Waals surface area contributed by atoms with Gasteiger partial charge in [-0.2, -0.15) is 22.0 Å². The second kappa shape index (κ2) is 13.8. The Morgan fingerprint density at radius 3 is 2.10 bits per heavy atom. The molecular formula is C29H30F5O4S+. The number of benzene rings is 3. The summed E-state index contributed by atoms with van der Waals surface area (Å²) in [4.78, 5) is 15.3. The number of alkyl halides is 5. The van der Waals surface area contributed by atoms with E-state index in [1.807, 2.05) is 42.5 Å². The molecule has 0 bridgehead atoms. The van der Waals surface area contributed by atoms with Crippen LogP contribution in [-0.2, 0) is 26.8 Å². The first kappa shape index (κ1) is 30.4. The molecule has 0 amide bonds. The van der Waals surface area contributed by atoms with Crippen molar-refractivity contribution in [3.05, 3.63) is 83.9 Å². The summed E-state index contributed by atoms with van der Waals surface area (Å²) in [5, 5.41) is 0. The minimum absolute atomic E-state index is 0.00197. The van der Waals surface area contributed by atoms with Crippen molar-refractivity contribution in [3.8, 4) is 5.75 Å². The standard InChI is InChI=1S/C29H30F5O4S/c1-3-4-8-21-11-13-23(14-12-21)39(22-9-6-5-7-10-22)24-15-16-25(26(19-24)37-18-17-36-2)27(35)38-20-28(30,31)29(32,33)34/h5-7,9-16,19H,3-4,8,17-18,20H2,1-2H3/q+1. The van der Waals surface area contributed by atoms with Crippen LogP contribution in [0, 0.1) is 0 Å². The predicted octanol–water partition coefficient (Wildman–Crippen LogP) is 7.50. The number of hydrogen-bond donors (Lipinski definition) is 0. The number of ether oxygens (including phenoxy) is 3. The van der Waals surface area contributed by atoms with Crippen LogP contribution < -0.4 is 4.74 Å². The van der Waals surface area contributed by atoms with Gasteiger partial charge >= 0.3 is 18.1 Å². The predicted molar refractivity (Wildman–Crippen MR) is 139 cm³/mol. The summed E-state index contributed by atoms with van der Waals surface area (Å²) in [7, 11) is 0.820. The summed E-state index contributed by atoms with van der Waals surface area (Å²) in [6, 6.07) is 22.5. The van der Waals surface area contributed by atoms with Crippen molar-refractivity contribution in [1.29, 1.82) is 0 Å². The Morgan fingerprint density at radius 2 is 1.49 bits per heavy atom. The Morgan fingerprint density at radius 1 is 0.846 bits per heavy atom. The number of aryl methyl sites for hydroxylation is 1. The van der Waals surface area contributed by atoms with Crippen LogP contribution in [0.2, 0.25) is 0 Å². The van der Waals surface area contributed by atoms with Crippen LogP contribution >= 0.6 is 0 Å². The van der Waals surface area contributed by atoms with E-state index in [1.54, 1.807) is 12.1 Å². The molecule has 3 rings (SSSR count). The first-order valence-electron chi connectivity index (χ1n) is 12.3. The fourth-order valence-electron chi connectivity index (χ4n) is 3.61. The first-order chi connectivity index (χ1) is 18.6. The molecule has 1 atom stereocenters. The molecule has 0 aromatic heterocycles. The highest BCUT2D eigenvalue weighted by Gasteiger charge is 2.58. The molecular weight excluding hydrogens is 539 g/mol. The molecule has 10 heteroatoms. The van der Waals surface area contributed by atoms with Crippen LogP contribution in [0.25, 0.3) is 0 Å². The maximum atomic E-state index is 13.3. The Kier molecular flexibility index (Phi) is 10.8. The topological polar surface area (TPSA) is 44.8 Å². The molecule has 0 aliphatic heterocycles. The second-order valence-electron chi connectivity index (χ2n) is 8.64. The number of carbonyl (C=O) groups is 1. The fraction of sp³-hybridized carbons (Fsp3) is 0.345.